The Morgan fingerprint density at radius 1 is 1.10 bits per heavy atom. The molecule has 0 radical (unpaired) electrons. The molecule has 8 nitrogen and oxygen atoms in total. The highest BCUT2D eigenvalue weighted by atomic mass is 16.6. The van der Waals surface area contributed by atoms with Gasteiger partial charge in [0, 0.05) is 11.3 Å². The van der Waals surface area contributed by atoms with E-state index in [2.05, 4.69) is 16.0 Å². The second-order valence-corrected chi connectivity index (χ2v) is 7.10. The van der Waals surface area contributed by atoms with Crippen LogP contribution in [0.15, 0.2) is 47.8 Å². The van der Waals surface area contributed by atoms with E-state index < -0.39 is 6.09 Å². The number of methoxy groups -OCH3 is 1. The summed E-state index contributed by atoms with van der Waals surface area (Å²) in [5, 5.41) is 8.88. The van der Waals surface area contributed by atoms with Crippen molar-refractivity contribution < 1.29 is 23.8 Å². The molecular weight excluding hydrogens is 386 g/mol. The molecule has 3 rings (SSSR count). The molecule has 1 heterocycles. The van der Waals surface area contributed by atoms with Crippen molar-refractivity contribution in [3.05, 3.63) is 53.4 Å². The predicted octanol–water partition coefficient (Wildman–Crippen LogP) is 2.48. The minimum absolute atomic E-state index is 0.187. The number of hydrogen-bond donors (Lipinski definition) is 3. The van der Waals surface area contributed by atoms with E-state index in [-0.39, 0.29) is 18.6 Å². The maximum atomic E-state index is 12.5. The van der Waals surface area contributed by atoms with Crippen molar-refractivity contribution >= 4 is 12.0 Å². The van der Waals surface area contributed by atoms with Gasteiger partial charge in [-0.2, -0.15) is 0 Å². The fraction of sp³-hybridized carbons (Fsp3) is 0.455. The zero-order valence-corrected chi connectivity index (χ0v) is 17.2. The van der Waals surface area contributed by atoms with Gasteiger partial charge in [0.1, 0.15) is 12.4 Å². The van der Waals surface area contributed by atoms with Gasteiger partial charge in [-0.3, -0.25) is 10.1 Å². The Labute approximate surface area is 176 Å². The molecule has 1 aliphatic carbocycles. The van der Waals surface area contributed by atoms with Crippen molar-refractivity contribution in [2.75, 3.05) is 33.4 Å². The van der Waals surface area contributed by atoms with E-state index in [1.807, 2.05) is 6.08 Å². The number of carbonyl (C=O) groups excluding carboxylic acids is 2. The molecule has 1 saturated heterocycles. The molecule has 30 heavy (non-hydrogen) atoms. The SMILES string of the molecule is COc1ccc(C(=O)NC2=C(NC(=O)OCCOC3CCNCC3)CCC=C2)cc1. The lowest BCUT2D eigenvalue weighted by atomic mass is 10.1. The molecule has 162 valence electrons. The van der Waals surface area contributed by atoms with Gasteiger partial charge in [0.2, 0.25) is 0 Å². The molecule has 1 fully saturated rings. The first kappa shape index (κ1) is 21.9. The Morgan fingerprint density at radius 2 is 1.87 bits per heavy atom. The third-order valence-electron chi connectivity index (χ3n) is 4.98. The summed E-state index contributed by atoms with van der Waals surface area (Å²) >= 11 is 0. The molecule has 0 aromatic heterocycles. The van der Waals surface area contributed by atoms with E-state index in [0.29, 0.717) is 35.7 Å². The van der Waals surface area contributed by atoms with Crippen LogP contribution in [0.25, 0.3) is 0 Å². The standard InChI is InChI=1S/C22H29N3O5/c1-28-17-8-6-16(7-9-17)21(26)24-19-4-2-3-5-20(19)25-22(27)30-15-14-29-18-10-12-23-13-11-18/h2,4,6-9,18,23H,3,5,10-15H2,1H3,(H,24,26)(H,25,27). The van der Waals surface area contributed by atoms with Crippen LogP contribution >= 0.6 is 0 Å². The van der Waals surface area contributed by atoms with Crippen molar-refractivity contribution in [1.82, 2.24) is 16.0 Å². The molecule has 3 N–H and O–H groups in total. The van der Waals surface area contributed by atoms with Crippen molar-refractivity contribution in [2.45, 2.75) is 31.8 Å². The zero-order chi connectivity index (χ0) is 21.2. The van der Waals surface area contributed by atoms with Crippen molar-refractivity contribution in [1.29, 1.82) is 0 Å². The lowest BCUT2D eigenvalue weighted by Crippen LogP contribution is -2.34. The van der Waals surface area contributed by atoms with Crippen LogP contribution in [0.3, 0.4) is 0 Å². The minimum atomic E-state index is -0.551. The third-order valence-corrected chi connectivity index (χ3v) is 4.98. The van der Waals surface area contributed by atoms with E-state index in [1.54, 1.807) is 37.5 Å². The second-order valence-electron chi connectivity index (χ2n) is 7.10. The fourth-order valence-electron chi connectivity index (χ4n) is 3.32. The van der Waals surface area contributed by atoms with Crippen LogP contribution in [0.4, 0.5) is 4.79 Å². The van der Waals surface area contributed by atoms with Gasteiger partial charge in [-0.15, -0.1) is 0 Å². The van der Waals surface area contributed by atoms with E-state index in [4.69, 9.17) is 14.2 Å². The van der Waals surface area contributed by atoms with Crippen LogP contribution in [0.2, 0.25) is 0 Å². The maximum Gasteiger partial charge on any atom is 0.411 e. The molecule has 0 saturated carbocycles. The predicted molar refractivity (Wildman–Crippen MR) is 112 cm³/mol. The largest absolute Gasteiger partial charge is 0.497 e. The maximum absolute atomic E-state index is 12.5. The molecule has 2 aliphatic rings. The Bertz CT molecular complexity index is 782. The average Bonchev–Trinajstić information content (AvgIpc) is 2.79. The Morgan fingerprint density at radius 3 is 2.60 bits per heavy atom. The first-order valence-electron chi connectivity index (χ1n) is 10.3. The van der Waals surface area contributed by atoms with E-state index >= 15 is 0 Å². The molecule has 0 bridgehead atoms. The van der Waals surface area contributed by atoms with Crippen LogP contribution in [0, 0.1) is 0 Å². The van der Waals surface area contributed by atoms with E-state index in [0.717, 1.165) is 32.4 Å². The van der Waals surface area contributed by atoms with Crippen LogP contribution < -0.4 is 20.7 Å². The summed E-state index contributed by atoms with van der Waals surface area (Å²) in [5.74, 6) is 0.416. The molecule has 1 aromatic rings. The van der Waals surface area contributed by atoms with E-state index in [1.165, 1.54) is 0 Å². The van der Waals surface area contributed by atoms with Crippen molar-refractivity contribution in [3.63, 3.8) is 0 Å². The van der Waals surface area contributed by atoms with Crippen LogP contribution in [0.1, 0.15) is 36.0 Å². The summed E-state index contributed by atoms with van der Waals surface area (Å²) in [4.78, 5) is 24.7. The Kier molecular flexibility index (Phi) is 8.29. The summed E-state index contributed by atoms with van der Waals surface area (Å²) in [6, 6.07) is 6.82. The van der Waals surface area contributed by atoms with Crippen molar-refractivity contribution in [2.24, 2.45) is 0 Å². The number of alkyl carbamates (subject to hydrolysis) is 1. The zero-order valence-electron chi connectivity index (χ0n) is 17.2. The summed E-state index contributed by atoms with van der Waals surface area (Å²) < 4.78 is 16.1. The highest BCUT2D eigenvalue weighted by molar-refractivity contribution is 5.95. The minimum Gasteiger partial charge on any atom is -0.497 e. The lowest BCUT2D eigenvalue weighted by molar-refractivity contribution is 0.00780. The number of ether oxygens (including phenoxy) is 3. The summed E-state index contributed by atoms with van der Waals surface area (Å²) in [5.41, 5.74) is 1.69. The van der Waals surface area contributed by atoms with Gasteiger partial charge in [-0.05, 0) is 69.1 Å². The Hall–Kier alpha value is -2.84. The number of piperidine rings is 1. The van der Waals surface area contributed by atoms with E-state index in [9.17, 15) is 9.59 Å². The number of nitrogens with one attached hydrogen (secondary N) is 3. The van der Waals surface area contributed by atoms with Gasteiger partial charge in [-0.25, -0.2) is 4.79 Å². The molecular formula is C22H29N3O5. The van der Waals surface area contributed by atoms with Gasteiger partial charge in [0.05, 0.1) is 25.5 Å². The lowest BCUT2D eigenvalue weighted by Gasteiger charge is -2.23. The second kappa shape index (κ2) is 11.4. The number of benzene rings is 1. The molecule has 0 atom stereocenters. The molecule has 1 aromatic carbocycles. The number of amides is 2. The van der Waals surface area contributed by atoms with Gasteiger partial charge in [0.25, 0.3) is 5.91 Å². The third kappa shape index (κ3) is 6.60. The highest BCUT2D eigenvalue weighted by Crippen LogP contribution is 2.17. The molecule has 0 unspecified atom stereocenters. The number of allylic oxidation sites excluding steroid dienone is 3. The highest BCUT2D eigenvalue weighted by Gasteiger charge is 2.16. The van der Waals surface area contributed by atoms with Crippen molar-refractivity contribution in [3.8, 4) is 5.75 Å². The molecule has 1 aliphatic heterocycles. The quantitative estimate of drug-likeness (QED) is 0.565. The molecule has 8 heteroatoms. The summed E-state index contributed by atoms with van der Waals surface area (Å²) in [6.45, 7) is 2.47. The topological polar surface area (TPSA) is 97.9 Å². The number of hydrogen-bond acceptors (Lipinski definition) is 6. The Balaban J connectivity index is 1.48. The number of carbonyl (C=O) groups is 2. The van der Waals surface area contributed by atoms with Gasteiger partial charge in [0.15, 0.2) is 0 Å². The van der Waals surface area contributed by atoms with Gasteiger partial charge >= 0.3 is 6.09 Å². The summed E-state index contributed by atoms with van der Waals surface area (Å²) in [6.07, 6.45) is 6.75. The van der Waals surface area contributed by atoms with Crippen LogP contribution in [-0.4, -0.2) is 51.5 Å². The first-order chi connectivity index (χ1) is 14.7. The van der Waals surface area contributed by atoms with Crippen LogP contribution in [0.5, 0.6) is 5.75 Å². The van der Waals surface area contributed by atoms with Gasteiger partial charge < -0.3 is 24.8 Å². The number of rotatable bonds is 8. The summed E-state index contributed by atoms with van der Waals surface area (Å²) in [7, 11) is 1.57. The average molecular weight is 415 g/mol. The molecule has 2 amide bonds. The van der Waals surface area contributed by atoms with Gasteiger partial charge in [-0.1, -0.05) is 6.08 Å². The molecule has 0 spiro atoms. The normalized spacial score (nSPS) is 16.8. The van der Waals surface area contributed by atoms with Crippen LogP contribution in [-0.2, 0) is 9.47 Å². The first-order valence-corrected chi connectivity index (χ1v) is 10.3. The fourth-order valence-corrected chi connectivity index (χ4v) is 3.32. The smallest absolute Gasteiger partial charge is 0.411 e. The monoisotopic (exact) mass is 415 g/mol.